The normalized spacial score (nSPS) is 12.0. The molecule has 0 unspecified atom stereocenters. The molecule has 0 atom stereocenters. The topological polar surface area (TPSA) is 162 Å². The minimum absolute atomic E-state index is 0.140. The van der Waals surface area contributed by atoms with E-state index >= 15 is 0 Å². The van der Waals surface area contributed by atoms with E-state index in [4.69, 9.17) is 9.26 Å². The van der Waals surface area contributed by atoms with E-state index in [1.807, 2.05) is 0 Å². The molecule has 29 heavy (non-hydrogen) atoms. The fourth-order valence-corrected chi connectivity index (χ4v) is 3.83. The van der Waals surface area contributed by atoms with Gasteiger partial charge >= 0.3 is 7.82 Å². The standard InChI is InChI=1S/C17H19N2O9P/c1-27-12-17(28-29(24,25)26,10-13-6-2-4-8-15(13)18(20)21)11-14-7-3-5-9-16(14)19(22)23/h2-9H,10-12H2,1H3,(H2,24,25,26). The predicted octanol–water partition coefficient (Wildman–Crippen LogP) is 2.78. The molecular weight excluding hydrogens is 407 g/mol. The Labute approximate surface area is 165 Å². The van der Waals surface area contributed by atoms with Gasteiger partial charge in [0.2, 0.25) is 0 Å². The molecule has 0 spiro atoms. The number of ether oxygens (including phenoxy) is 1. The van der Waals surface area contributed by atoms with Crippen molar-refractivity contribution < 1.29 is 33.5 Å². The van der Waals surface area contributed by atoms with Gasteiger partial charge in [0.15, 0.2) is 0 Å². The second kappa shape index (κ2) is 9.21. The molecule has 0 saturated carbocycles. The van der Waals surface area contributed by atoms with Crippen molar-refractivity contribution in [3.8, 4) is 0 Å². The summed E-state index contributed by atoms with van der Waals surface area (Å²) in [5, 5.41) is 22.7. The highest BCUT2D eigenvalue weighted by Crippen LogP contribution is 2.45. The third-order valence-corrected chi connectivity index (χ3v) is 4.75. The quantitative estimate of drug-likeness (QED) is 0.330. The lowest BCUT2D eigenvalue weighted by Crippen LogP contribution is -2.42. The monoisotopic (exact) mass is 426 g/mol. The van der Waals surface area contributed by atoms with Gasteiger partial charge in [0.25, 0.3) is 11.4 Å². The molecule has 0 saturated heterocycles. The number of phosphoric ester groups is 1. The van der Waals surface area contributed by atoms with Crippen molar-refractivity contribution in [1.82, 2.24) is 0 Å². The van der Waals surface area contributed by atoms with E-state index in [0.717, 1.165) is 0 Å². The van der Waals surface area contributed by atoms with Crippen LogP contribution in [0.2, 0.25) is 0 Å². The summed E-state index contributed by atoms with van der Waals surface area (Å²) in [6, 6.07) is 11.3. The van der Waals surface area contributed by atoms with Gasteiger partial charge in [-0.1, -0.05) is 36.4 Å². The van der Waals surface area contributed by atoms with E-state index in [1.165, 1.54) is 55.6 Å². The van der Waals surface area contributed by atoms with Crippen molar-refractivity contribution in [1.29, 1.82) is 0 Å². The highest BCUT2D eigenvalue weighted by Gasteiger charge is 2.41. The summed E-state index contributed by atoms with van der Waals surface area (Å²) < 4.78 is 21.8. The zero-order valence-electron chi connectivity index (χ0n) is 15.3. The number of methoxy groups -OCH3 is 1. The van der Waals surface area contributed by atoms with Crippen LogP contribution in [-0.2, 0) is 26.7 Å². The second-order valence-electron chi connectivity index (χ2n) is 6.32. The summed E-state index contributed by atoms with van der Waals surface area (Å²) in [5.74, 6) is 0. The second-order valence-corrected chi connectivity index (χ2v) is 7.49. The number of nitro benzene ring substituents is 2. The van der Waals surface area contributed by atoms with Crippen LogP contribution < -0.4 is 0 Å². The Bertz CT molecular complexity index is 885. The highest BCUT2D eigenvalue weighted by molar-refractivity contribution is 7.46. The summed E-state index contributed by atoms with van der Waals surface area (Å²) in [7, 11) is -3.83. The largest absolute Gasteiger partial charge is 0.470 e. The molecular formula is C17H19N2O9P. The van der Waals surface area contributed by atoms with Gasteiger partial charge < -0.3 is 14.5 Å². The summed E-state index contributed by atoms with van der Waals surface area (Å²) in [6.45, 7) is -0.379. The van der Waals surface area contributed by atoms with Crippen molar-refractivity contribution in [2.75, 3.05) is 13.7 Å². The lowest BCUT2D eigenvalue weighted by atomic mass is 9.87. The SMILES string of the molecule is COCC(Cc1ccccc1[N+](=O)[O-])(Cc1ccccc1[N+](=O)[O-])OP(=O)(O)O. The average Bonchev–Trinajstić information content (AvgIpc) is 2.61. The van der Waals surface area contributed by atoms with Crippen LogP contribution in [-0.4, -0.2) is 39.0 Å². The van der Waals surface area contributed by atoms with Crippen LogP contribution in [0.25, 0.3) is 0 Å². The molecule has 0 fully saturated rings. The van der Waals surface area contributed by atoms with Crippen LogP contribution in [0.15, 0.2) is 48.5 Å². The first-order valence-electron chi connectivity index (χ1n) is 8.27. The van der Waals surface area contributed by atoms with Gasteiger partial charge in [0.05, 0.1) is 16.5 Å². The van der Waals surface area contributed by atoms with Gasteiger partial charge in [0, 0.05) is 43.2 Å². The van der Waals surface area contributed by atoms with Gasteiger partial charge in [0.1, 0.15) is 5.60 Å². The maximum Gasteiger partial charge on any atom is 0.470 e. The molecule has 0 aliphatic heterocycles. The number of para-hydroxylation sites is 2. The van der Waals surface area contributed by atoms with Gasteiger partial charge in [-0.2, -0.15) is 0 Å². The first-order chi connectivity index (χ1) is 13.6. The molecule has 2 N–H and O–H groups in total. The lowest BCUT2D eigenvalue weighted by Gasteiger charge is -2.33. The molecule has 0 aromatic heterocycles. The van der Waals surface area contributed by atoms with Crippen LogP contribution in [0.3, 0.4) is 0 Å². The van der Waals surface area contributed by atoms with Crippen molar-refractivity contribution in [2.45, 2.75) is 18.4 Å². The number of hydrogen-bond donors (Lipinski definition) is 2. The maximum atomic E-state index is 11.7. The summed E-state index contributed by atoms with van der Waals surface area (Å²) in [6.07, 6.45) is -0.649. The summed E-state index contributed by atoms with van der Waals surface area (Å²) >= 11 is 0. The molecule has 0 bridgehead atoms. The molecule has 2 rings (SSSR count). The maximum absolute atomic E-state index is 11.7. The average molecular weight is 426 g/mol. The molecule has 0 radical (unpaired) electrons. The van der Waals surface area contributed by atoms with Gasteiger partial charge in [-0.15, -0.1) is 0 Å². The van der Waals surface area contributed by atoms with Crippen molar-refractivity contribution >= 4 is 19.2 Å². The minimum atomic E-state index is -5.09. The zero-order valence-corrected chi connectivity index (χ0v) is 16.2. The van der Waals surface area contributed by atoms with E-state index in [0.29, 0.717) is 0 Å². The molecule has 0 heterocycles. The number of rotatable bonds is 10. The Morgan fingerprint density at radius 1 is 0.931 bits per heavy atom. The van der Waals surface area contributed by atoms with E-state index in [-0.39, 0.29) is 42.0 Å². The van der Waals surface area contributed by atoms with Crippen LogP contribution >= 0.6 is 7.82 Å². The van der Waals surface area contributed by atoms with Crippen molar-refractivity contribution in [3.05, 3.63) is 79.9 Å². The highest BCUT2D eigenvalue weighted by atomic mass is 31.2. The number of benzene rings is 2. The summed E-state index contributed by atoms with van der Waals surface area (Å²) in [4.78, 5) is 40.3. The number of hydrogen-bond acceptors (Lipinski definition) is 7. The first-order valence-corrected chi connectivity index (χ1v) is 9.80. The Kier molecular flexibility index (Phi) is 7.17. The predicted molar refractivity (Wildman–Crippen MR) is 101 cm³/mol. The molecule has 0 aliphatic carbocycles. The Balaban J connectivity index is 2.58. The van der Waals surface area contributed by atoms with Crippen LogP contribution in [0.4, 0.5) is 11.4 Å². The molecule has 156 valence electrons. The summed E-state index contributed by atoms with van der Waals surface area (Å²) in [5.41, 5.74) is -2.07. The third kappa shape index (κ3) is 6.14. The van der Waals surface area contributed by atoms with Crippen LogP contribution in [0.1, 0.15) is 11.1 Å². The zero-order chi connectivity index (χ0) is 21.7. The molecule has 2 aromatic rings. The minimum Gasteiger partial charge on any atom is -0.382 e. The van der Waals surface area contributed by atoms with Crippen molar-refractivity contribution in [3.63, 3.8) is 0 Å². The van der Waals surface area contributed by atoms with Gasteiger partial charge in [-0.25, -0.2) is 4.57 Å². The number of phosphoric acid groups is 1. The fraction of sp³-hybridized carbons (Fsp3) is 0.294. The molecule has 2 aromatic carbocycles. The molecule has 11 nitrogen and oxygen atoms in total. The lowest BCUT2D eigenvalue weighted by molar-refractivity contribution is -0.386. The van der Waals surface area contributed by atoms with E-state index in [9.17, 15) is 34.6 Å². The number of nitrogens with zero attached hydrogens (tertiary/aromatic N) is 2. The Morgan fingerprint density at radius 2 is 1.34 bits per heavy atom. The third-order valence-electron chi connectivity index (χ3n) is 4.12. The van der Waals surface area contributed by atoms with E-state index in [2.05, 4.69) is 0 Å². The Hall–Kier alpha value is -2.69. The van der Waals surface area contributed by atoms with Crippen LogP contribution in [0.5, 0.6) is 0 Å². The van der Waals surface area contributed by atoms with Crippen molar-refractivity contribution in [2.24, 2.45) is 0 Å². The molecule has 0 aliphatic rings. The van der Waals surface area contributed by atoms with Gasteiger partial charge in [-0.05, 0) is 0 Å². The molecule has 12 heteroatoms. The number of nitro groups is 2. The smallest absolute Gasteiger partial charge is 0.382 e. The van der Waals surface area contributed by atoms with Crippen LogP contribution in [0, 0.1) is 20.2 Å². The fourth-order valence-electron chi connectivity index (χ4n) is 3.14. The Morgan fingerprint density at radius 3 is 1.69 bits per heavy atom. The van der Waals surface area contributed by atoms with E-state index < -0.39 is 23.3 Å². The van der Waals surface area contributed by atoms with E-state index in [1.54, 1.807) is 0 Å². The molecule has 0 amide bonds. The first kappa shape index (κ1) is 22.6. The van der Waals surface area contributed by atoms with Gasteiger partial charge in [-0.3, -0.25) is 24.8 Å².